The SMILES string of the molecule is CCNc1cnccc1-c1ccc(C(=O)O)s1. The van der Waals surface area contributed by atoms with Crippen LogP contribution in [0.4, 0.5) is 5.69 Å². The standard InChI is InChI=1S/C12H12N2O2S/c1-2-14-9-7-13-6-5-8(9)10-3-4-11(17-10)12(15)16/h3-7,14H,2H2,1H3,(H,15,16). The van der Waals surface area contributed by atoms with Crippen LogP contribution in [0.25, 0.3) is 10.4 Å². The molecule has 2 aromatic heterocycles. The number of thiophene rings is 1. The van der Waals surface area contributed by atoms with Crippen molar-refractivity contribution in [2.24, 2.45) is 0 Å². The number of carbonyl (C=O) groups is 1. The molecule has 2 N–H and O–H groups in total. The smallest absolute Gasteiger partial charge is 0.345 e. The van der Waals surface area contributed by atoms with E-state index in [1.807, 2.05) is 19.1 Å². The number of aromatic carboxylic acids is 1. The molecule has 0 atom stereocenters. The number of hydrogen-bond acceptors (Lipinski definition) is 4. The highest BCUT2D eigenvalue weighted by Gasteiger charge is 2.10. The molecule has 2 rings (SSSR count). The fourth-order valence-corrected chi connectivity index (χ4v) is 2.42. The van der Waals surface area contributed by atoms with Crippen molar-refractivity contribution >= 4 is 23.0 Å². The third-order valence-electron chi connectivity index (χ3n) is 2.27. The molecule has 0 fully saturated rings. The summed E-state index contributed by atoms with van der Waals surface area (Å²) >= 11 is 1.27. The summed E-state index contributed by atoms with van der Waals surface area (Å²) in [6, 6.07) is 5.33. The van der Waals surface area contributed by atoms with Gasteiger partial charge in [-0.15, -0.1) is 11.3 Å². The summed E-state index contributed by atoms with van der Waals surface area (Å²) < 4.78 is 0. The Balaban J connectivity index is 2.41. The maximum Gasteiger partial charge on any atom is 0.345 e. The fraction of sp³-hybridized carbons (Fsp3) is 0.167. The second-order valence-electron chi connectivity index (χ2n) is 3.42. The van der Waals surface area contributed by atoms with Gasteiger partial charge in [-0.2, -0.15) is 0 Å². The molecule has 0 aromatic carbocycles. The zero-order valence-corrected chi connectivity index (χ0v) is 10.1. The van der Waals surface area contributed by atoms with Gasteiger partial charge in [-0.25, -0.2) is 4.79 Å². The van der Waals surface area contributed by atoms with Gasteiger partial charge in [0.2, 0.25) is 0 Å². The Kier molecular flexibility index (Phi) is 3.39. The molecule has 0 amide bonds. The molecule has 0 spiro atoms. The van der Waals surface area contributed by atoms with Gasteiger partial charge >= 0.3 is 5.97 Å². The van der Waals surface area contributed by atoms with E-state index < -0.39 is 5.97 Å². The van der Waals surface area contributed by atoms with Gasteiger partial charge in [-0.3, -0.25) is 4.98 Å². The summed E-state index contributed by atoms with van der Waals surface area (Å²) in [6.07, 6.45) is 3.45. The van der Waals surface area contributed by atoms with Crippen LogP contribution in [0.15, 0.2) is 30.6 Å². The van der Waals surface area contributed by atoms with Crippen LogP contribution in [0.5, 0.6) is 0 Å². The minimum Gasteiger partial charge on any atom is -0.477 e. The van der Waals surface area contributed by atoms with Gasteiger partial charge in [0.05, 0.1) is 11.9 Å². The van der Waals surface area contributed by atoms with E-state index in [0.717, 1.165) is 22.7 Å². The monoisotopic (exact) mass is 248 g/mol. The molecule has 2 aromatic rings. The van der Waals surface area contributed by atoms with Gasteiger partial charge < -0.3 is 10.4 Å². The van der Waals surface area contributed by atoms with Crippen LogP contribution in [-0.2, 0) is 0 Å². The molecular weight excluding hydrogens is 236 g/mol. The van der Waals surface area contributed by atoms with Gasteiger partial charge in [-0.1, -0.05) is 0 Å². The lowest BCUT2D eigenvalue weighted by atomic mass is 10.2. The van der Waals surface area contributed by atoms with Crippen molar-refractivity contribution in [1.82, 2.24) is 4.98 Å². The highest BCUT2D eigenvalue weighted by Crippen LogP contribution is 2.32. The maximum atomic E-state index is 10.8. The second kappa shape index (κ2) is 4.97. The molecule has 0 saturated carbocycles. The minimum absolute atomic E-state index is 0.347. The van der Waals surface area contributed by atoms with Crippen molar-refractivity contribution in [3.63, 3.8) is 0 Å². The minimum atomic E-state index is -0.889. The molecule has 2 heterocycles. The van der Waals surface area contributed by atoms with Crippen molar-refractivity contribution in [2.45, 2.75) is 6.92 Å². The van der Waals surface area contributed by atoms with E-state index in [1.165, 1.54) is 11.3 Å². The van der Waals surface area contributed by atoms with E-state index in [0.29, 0.717) is 4.88 Å². The second-order valence-corrected chi connectivity index (χ2v) is 4.50. The highest BCUT2D eigenvalue weighted by molar-refractivity contribution is 7.17. The predicted molar refractivity (Wildman–Crippen MR) is 68.7 cm³/mol. The lowest BCUT2D eigenvalue weighted by Crippen LogP contribution is -1.98. The van der Waals surface area contributed by atoms with Crippen LogP contribution in [0.2, 0.25) is 0 Å². The lowest BCUT2D eigenvalue weighted by molar-refractivity contribution is 0.0702. The Morgan fingerprint density at radius 2 is 2.29 bits per heavy atom. The molecule has 0 aliphatic carbocycles. The first kappa shape index (κ1) is 11.6. The Morgan fingerprint density at radius 3 is 2.94 bits per heavy atom. The summed E-state index contributed by atoms with van der Waals surface area (Å²) in [4.78, 5) is 16.2. The summed E-state index contributed by atoms with van der Waals surface area (Å²) in [6.45, 7) is 2.81. The van der Waals surface area contributed by atoms with Crippen LogP contribution in [0.1, 0.15) is 16.6 Å². The highest BCUT2D eigenvalue weighted by atomic mass is 32.1. The van der Waals surface area contributed by atoms with Crippen LogP contribution in [0.3, 0.4) is 0 Å². The third kappa shape index (κ3) is 2.45. The Bertz CT molecular complexity index is 537. The molecule has 5 heteroatoms. The lowest BCUT2D eigenvalue weighted by Gasteiger charge is -2.07. The zero-order chi connectivity index (χ0) is 12.3. The number of anilines is 1. The van der Waals surface area contributed by atoms with E-state index in [4.69, 9.17) is 5.11 Å². The Morgan fingerprint density at radius 1 is 1.47 bits per heavy atom. The number of pyridine rings is 1. The van der Waals surface area contributed by atoms with E-state index in [9.17, 15) is 4.79 Å². The average molecular weight is 248 g/mol. The van der Waals surface area contributed by atoms with Gasteiger partial charge in [0.15, 0.2) is 0 Å². The quantitative estimate of drug-likeness (QED) is 0.873. The molecular formula is C12H12N2O2S. The summed E-state index contributed by atoms with van der Waals surface area (Å²) in [5.74, 6) is -0.889. The van der Waals surface area contributed by atoms with Crippen LogP contribution < -0.4 is 5.32 Å². The van der Waals surface area contributed by atoms with Crippen molar-refractivity contribution in [2.75, 3.05) is 11.9 Å². The van der Waals surface area contributed by atoms with Crippen molar-refractivity contribution < 1.29 is 9.90 Å². The molecule has 0 bridgehead atoms. The molecule has 0 aliphatic heterocycles. The number of rotatable bonds is 4. The first-order valence-corrected chi connectivity index (χ1v) is 6.05. The van der Waals surface area contributed by atoms with Crippen LogP contribution in [0, 0.1) is 0 Å². The first-order valence-electron chi connectivity index (χ1n) is 5.23. The topological polar surface area (TPSA) is 62.2 Å². The average Bonchev–Trinajstić information content (AvgIpc) is 2.79. The molecule has 88 valence electrons. The number of hydrogen-bond donors (Lipinski definition) is 2. The zero-order valence-electron chi connectivity index (χ0n) is 9.30. The summed E-state index contributed by atoms with van der Waals surface area (Å²) in [7, 11) is 0. The van der Waals surface area contributed by atoms with Crippen molar-refractivity contribution in [3.8, 4) is 10.4 Å². The predicted octanol–water partition coefficient (Wildman–Crippen LogP) is 2.94. The largest absolute Gasteiger partial charge is 0.477 e. The van der Waals surface area contributed by atoms with Gasteiger partial charge in [0, 0.05) is 23.2 Å². The van der Waals surface area contributed by atoms with Gasteiger partial charge in [-0.05, 0) is 25.1 Å². The van der Waals surface area contributed by atoms with E-state index in [1.54, 1.807) is 18.5 Å². The van der Waals surface area contributed by atoms with E-state index in [2.05, 4.69) is 10.3 Å². The third-order valence-corrected chi connectivity index (χ3v) is 3.38. The van der Waals surface area contributed by atoms with Crippen molar-refractivity contribution in [1.29, 1.82) is 0 Å². The summed E-state index contributed by atoms with van der Waals surface area (Å²) in [5, 5.41) is 12.1. The molecule has 0 radical (unpaired) electrons. The summed E-state index contributed by atoms with van der Waals surface area (Å²) in [5.41, 5.74) is 1.91. The number of nitrogens with zero attached hydrogens (tertiary/aromatic N) is 1. The van der Waals surface area contributed by atoms with E-state index in [-0.39, 0.29) is 0 Å². The molecule has 0 saturated heterocycles. The number of carboxylic acid groups (broad SMARTS) is 1. The Hall–Kier alpha value is -1.88. The molecule has 4 nitrogen and oxygen atoms in total. The van der Waals surface area contributed by atoms with Crippen LogP contribution in [-0.4, -0.2) is 22.6 Å². The molecule has 0 aliphatic rings. The Labute approximate surface area is 103 Å². The number of aromatic nitrogens is 1. The van der Waals surface area contributed by atoms with E-state index >= 15 is 0 Å². The normalized spacial score (nSPS) is 10.2. The van der Waals surface area contributed by atoms with Crippen LogP contribution >= 0.6 is 11.3 Å². The van der Waals surface area contributed by atoms with Crippen molar-refractivity contribution in [3.05, 3.63) is 35.5 Å². The molecule has 0 unspecified atom stereocenters. The van der Waals surface area contributed by atoms with Gasteiger partial charge in [0.25, 0.3) is 0 Å². The number of carboxylic acids is 1. The van der Waals surface area contributed by atoms with Gasteiger partial charge in [0.1, 0.15) is 4.88 Å². The fourth-order valence-electron chi connectivity index (χ4n) is 1.54. The maximum absolute atomic E-state index is 10.8. The molecule has 17 heavy (non-hydrogen) atoms. The number of nitrogens with one attached hydrogen (secondary N) is 1. The first-order chi connectivity index (χ1) is 8.22.